The average molecular weight is 485 g/mol. The summed E-state index contributed by atoms with van der Waals surface area (Å²) in [5.74, 6) is 0. The normalized spacial score (nSPS) is 1.00. The van der Waals surface area contributed by atoms with Crippen LogP contribution in [0.5, 0.6) is 0 Å². The van der Waals surface area contributed by atoms with Crippen molar-refractivity contribution in [3.05, 3.63) is 0 Å². The zero-order valence-corrected chi connectivity index (χ0v) is 11.0. The average Bonchev–Trinajstić information content (AvgIpc) is 1.00. The summed E-state index contributed by atoms with van der Waals surface area (Å²) in [4.78, 5) is 0. The van der Waals surface area contributed by atoms with E-state index in [-0.39, 0.29) is 104 Å². The van der Waals surface area contributed by atoms with Gasteiger partial charge in [0.2, 0.25) is 0 Å². The summed E-state index contributed by atoms with van der Waals surface area (Å²) in [6.07, 6.45) is 0. The van der Waals surface area contributed by atoms with Gasteiger partial charge in [-0.3, -0.25) is 0 Å². The fourth-order valence-corrected chi connectivity index (χ4v) is 0. The number of hydrogen-bond donors (Lipinski definition) is 0. The molecule has 5 heteroatoms. The summed E-state index contributed by atoms with van der Waals surface area (Å²) in [7, 11) is 0. The molecule has 0 aliphatic rings. The van der Waals surface area contributed by atoms with Crippen LogP contribution in [0.25, 0.3) is 0 Å². The van der Waals surface area contributed by atoms with Crippen molar-refractivity contribution in [1.29, 1.82) is 0 Å². The molecule has 0 saturated carbocycles. The molecule has 5 heavy (non-hydrogen) atoms. The fourth-order valence-electron chi connectivity index (χ4n) is 0. The van der Waals surface area contributed by atoms with Crippen LogP contribution in [0, 0.1) is 37.7 Å². The molecular formula is BaCuHoORh. The van der Waals surface area contributed by atoms with Crippen molar-refractivity contribution < 1.29 is 76.6 Å². The molecule has 4 radical (unpaired) electrons. The second kappa shape index (κ2) is 25.0. The Balaban J connectivity index is -0.00000000167. The second-order valence-corrected chi connectivity index (χ2v) is 0. The standard InChI is InChI=1S/Ba.Cu.Ho.O.Rh. The molecule has 0 aromatic carbocycles. The minimum atomic E-state index is 0. The quantitative estimate of drug-likeness (QED) is 0.424. The maximum atomic E-state index is 8.14. The molecule has 0 spiro atoms. The van der Waals surface area contributed by atoms with E-state index in [1.807, 2.05) is 0 Å². The van der Waals surface area contributed by atoms with Gasteiger partial charge in [-0.15, -0.1) is 0 Å². The molecule has 1 nitrogen and oxygen atoms in total. The van der Waals surface area contributed by atoms with Crippen LogP contribution in [0.1, 0.15) is 0 Å². The van der Waals surface area contributed by atoms with Crippen LogP contribution in [-0.4, -0.2) is 48.9 Å². The maximum absolute atomic E-state index is 8.14. The molecule has 0 saturated heterocycles. The van der Waals surface area contributed by atoms with Crippen LogP contribution in [0.15, 0.2) is 0 Å². The van der Waals surface area contributed by atoms with Crippen LogP contribution in [-0.2, 0) is 38.9 Å². The van der Waals surface area contributed by atoms with Crippen molar-refractivity contribution in [2.75, 3.05) is 0 Å². The van der Waals surface area contributed by atoms with Crippen molar-refractivity contribution in [3.8, 4) is 0 Å². The summed E-state index contributed by atoms with van der Waals surface area (Å²) >= 11 is 1.30. The van der Waals surface area contributed by atoms with Crippen molar-refractivity contribution in [2.24, 2.45) is 0 Å². The first-order valence-corrected chi connectivity index (χ1v) is 0.805. The Morgan fingerprint density at radius 3 is 1.20 bits per heavy atom. The molecule has 0 amide bonds. The first-order chi connectivity index (χ1) is 1.00. The molecule has 0 unspecified atom stereocenters. The molecule has 0 rings (SSSR count). The van der Waals surface area contributed by atoms with Crippen molar-refractivity contribution in [3.63, 3.8) is 0 Å². The van der Waals surface area contributed by atoms with E-state index < -0.39 is 0 Å². The van der Waals surface area contributed by atoms with Gasteiger partial charge in [0, 0.05) is 104 Å². The minimum absolute atomic E-state index is 0. The predicted molar refractivity (Wildman–Crippen MR) is 6.44 cm³/mol. The SMILES string of the molecule is [Ba].[Cu].[Ho].[O]=[Rh]. The third-order valence-corrected chi connectivity index (χ3v) is 0. The molecule has 0 atom stereocenters. The Hall–Kier alpha value is 3.77. The van der Waals surface area contributed by atoms with E-state index in [9.17, 15) is 0 Å². The molecule has 0 aromatic heterocycles. The second-order valence-electron chi connectivity index (χ2n) is 0. The van der Waals surface area contributed by atoms with Gasteiger partial charge in [0.25, 0.3) is 0 Å². The van der Waals surface area contributed by atoms with Gasteiger partial charge < -0.3 is 0 Å². The van der Waals surface area contributed by atoms with Crippen LogP contribution in [0.3, 0.4) is 0 Å². The molecule has 39 valence electrons. The summed E-state index contributed by atoms with van der Waals surface area (Å²) in [5, 5.41) is 0. The van der Waals surface area contributed by atoms with Gasteiger partial charge in [0.15, 0.2) is 0 Å². The Bertz CT molecular complexity index is 11.6. The molecular weight excluding hydrogens is 485 g/mol. The van der Waals surface area contributed by atoms with Gasteiger partial charge in [-0.2, -0.15) is 0 Å². The topological polar surface area (TPSA) is 17.1 Å². The van der Waals surface area contributed by atoms with Crippen LogP contribution < -0.4 is 0 Å². The molecule has 0 aliphatic carbocycles. The molecule has 0 N–H and O–H groups in total. The zero-order chi connectivity index (χ0) is 2.00. The summed E-state index contributed by atoms with van der Waals surface area (Å²) in [5.41, 5.74) is 0. The van der Waals surface area contributed by atoms with E-state index in [4.69, 9.17) is 3.57 Å². The first-order valence-electron chi connectivity index (χ1n) is 0.136. The fraction of sp³-hybridized carbons (Fsp3) is 0. The number of rotatable bonds is 0. The van der Waals surface area contributed by atoms with Crippen molar-refractivity contribution in [1.82, 2.24) is 0 Å². The third kappa shape index (κ3) is 18.2. The Morgan fingerprint density at radius 2 is 1.20 bits per heavy atom. The zero-order valence-electron chi connectivity index (χ0n) is 2.05. The van der Waals surface area contributed by atoms with Gasteiger partial charge in [0.1, 0.15) is 0 Å². The summed E-state index contributed by atoms with van der Waals surface area (Å²) in [6.45, 7) is 0. The van der Waals surface area contributed by atoms with E-state index in [1.54, 1.807) is 0 Å². The first kappa shape index (κ1) is 23.3. The Kier molecular flexibility index (Phi) is 117. The van der Waals surface area contributed by atoms with Gasteiger partial charge in [0.05, 0.1) is 0 Å². The Morgan fingerprint density at radius 1 is 1.20 bits per heavy atom. The van der Waals surface area contributed by atoms with E-state index in [0.29, 0.717) is 0 Å². The van der Waals surface area contributed by atoms with Crippen LogP contribution in [0.2, 0.25) is 0 Å². The van der Waals surface area contributed by atoms with Crippen LogP contribution in [0.4, 0.5) is 0 Å². The molecule has 0 fully saturated rings. The van der Waals surface area contributed by atoms with E-state index in [0.717, 1.165) is 0 Å². The van der Waals surface area contributed by atoms with Crippen LogP contribution >= 0.6 is 0 Å². The van der Waals surface area contributed by atoms with E-state index >= 15 is 0 Å². The predicted octanol–water partition coefficient (Wildman–Crippen LogP) is -0.505. The molecule has 0 aliphatic heterocycles. The van der Waals surface area contributed by atoms with Gasteiger partial charge in [-0.05, 0) is 0 Å². The molecule has 0 bridgehead atoms. The number of hydrogen-bond acceptors (Lipinski definition) is 1. The van der Waals surface area contributed by atoms with E-state index in [2.05, 4.69) is 0 Å². The van der Waals surface area contributed by atoms with Gasteiger partial charge >= 0.3 is 21.8 Å². The van der Waals surface area contributed by atoms with Gasteiger partial charge in [-0.1, -0.05) is 0 Å². The van der Waals surface area contributed by atoms with E-state index in [1.165, 1.54) is 18.3 Å². The summed E-state index contributed by atoms with van der Waals surface area (Å²) < 4.78 is 8.14. The monoisotopic (exact) mass is 485 g/mol. The summed E-state index contributed by atoms with van der Waals surface area (Å²) in [6, 6.07) is 0. The molecule has 0 aromatic rings. The third-order valence-electron chi connectivity index (χ3n) is 0. The molecule has 0 heterocycles. The van der Waals surface area contributed by atoms with Crippen molar-refractivity contribution >= 4 is 48.9 Å². The van der Waals surface area contributed by atoms with Crippen molar-refractivity contribution in [2.45, 2.75) is 0 Å². The van der Waals surface area contributed by atoms with Gasteiger partial charge in [-0.25, -0.2) is 0 Å². The Labute approximate surface area is 122 Å².